The van der Waals surface area contributed by atoms with E-state index in [1.165, 1.54) is 5.56 Å². The van der Waals surface area contributed by atoms with Crippen LogP contribution in [0.15, 0.2) is 60.9 Å². The number of nitrogens with one attached hydrogen (secondary N) is 1. The van der Waals surface area contributed by atoms with Gasteiger partial charge in [0.05, 0.1) is 12.4 Å². The Kier molecular flexibility index (Phi) is 4.21. The Morgan fingerprint density at radius 3 is 2.58 bits per heavy atom. The van der Waals surface area contributed by atoms with Crippen molar-refractivity contribution in [2.45, 2.75) is 19.3 Å². The van der Waals surface area contributed by atoms with Crippen LogP contribution in [0.4, 0.5) is 10.1 Å². The molecule has 5 heteroatoms. The van der Waals surface area contributed by atoms with Gasteiger partial charge in [-0.3, -0.25) is 4.79 Å². The van der Waals surface area contributed by atoms with Crippen LogP contribution in [-0.2, 0) is 4.79 Å². The summed E-state index contributed by atoms with van der Waals surface area (Å²) in [7, 11) is 0. The Hall–Kier alpha value is -3.08. The maximum absolute atomic E-state index is 13.0. The molecule has 26 heavy (non-hydrogen) atoms. The molecule has 0 radical (unpaired) electrons. The summed E-state index contributed by atoms with van der Waals surface area (Å²) in [6.07, 6.45) is 3.15. The molecular formula is C21H18FN3O. The van der Waals surface area contributed by atoms with E-state index >= 15 is 0 Å². The van der Waals surface area contributed by atoms with E-state index in [9.17, 15) is 9.18 Å². The van der Waals surface area contributed by atoms with E-state index in [-0.39, 0.29) is 11.8 Å². The Morgan fingerprint density at radius 2 is 1.85 bits per heavy atom. The van der Waals surface area contributed by atoms with E-state index < -0.39 is 5.82 Å². The Balaban J connectivity index is 1.50. The first-order valence-corrected chi connectivity index (χ1v) is 8.56. The van der Waals surface area contributed by atoms with Crippen molar-refractivity contribution in [1.29, 1.82) is 0 Å². The number of anilines is 1. The van der Waals surface area contributed by atoms with Gasteiger partial charge in [0, 0.05) is 17.2 Å². The van der Waals surface area contributed by atoms with Crippen LogP contribution >= 0.6 is 0 Å². The van der Waals surface area contributed by atoms with Crippen LogP contribution in [0.5, 0.6) is 0 Å². The third-order valence-electron chi connectivity index (χ3n) is 4.72. The number of aromatic nitrogens is 2. The van der Waals surface area contributed by atoms with E-state index in [0.717, 1.165) is 29.9 Å². The second-order valence-corrected chi connectivity index (χ2v) is 6.60. The van der Waals surface area contributed by atoms with Crippen molar-refractivity contribution < 1.29 is 9.18 Å². The second kappa shape index (κ2) is 6.67. The molecule has 2 aromatic carbocycles. The van der Waals surface area contributed by atoms with E-state index in [4.69, 9.17) is 0 Å². The molecule has 1 aromatic heterocycles. The molecule has 3 aromatic rings. The van der Waals surface area contributed by atoms with Gasteiger partial charge in [-0.05, 0) is 42.5 Å². The van der Waals surface area contributed by atoms with Gasteiger partial charge in [-0.1, -0.05) is 36.4 Å². The molecule has 1 heterocycles. The summed E-state index contributed by atoms with van der Waals surface area (Å²) in [5.41, 5.74) is 3.64. The zero-order chi connectivity index (χ0) is 18.1. The first kappa shape index (κ1) is 16.4. The molecule has 1 amide bonds. The fourth-order valence-corrected chi connectivity index (χ4v) is 3.18. The SMILES string of the molecule is Cc1ccc(NC(=O)[C@@H]2C[C@H]2c2ccccc2)cc1-c1ncc(F)cn1. The van der Waals surface area contributed by atoms with Crippen LogP contribution in [-0.4, -0.2) is 15.9 Å². The summed E-state index contributed by atoms with van der Waals surface area (Å²) >= 11 is 0. The van der Waals surface area contributed by atoms with Crippen LogP contribution in [0.2, 0.25) is 0 Å². The van der Waals surface area contributed by atoms with Crippen LogP contribution in [0, 0.1) is 18.7 Å². The molecule has 1 N–H and O–H groups in total. The van der Waals surface area contributed by atoms with Crippen LogP contribution < -0.4 is 5.32 Å². The topological polar surface area (TPSA) is 54.9 Å². The predicted molar refractivity (Wildman–Crippen MR) is 98.1 cm³/mol. The summed E-state index contributed by atoms with van der Waals surface area (Å²) in [4.78, 5) is 20.6. The maximum atomic E-state index is 13.0. The number of benzene rings is 2. The summed E-state index contributed by atoms with van der Waals surface area (Å²) in [5, 5.41) is 2.98. The van der Waals surface area contributed by atoms with Crippen LogP contribution in [0.25, 0.3) is 11.4 Å². The normalized spacial score (nSPS) is 18.4. The zero-order valence-electron chi connectivity index (χ0n) is 14.3. The van der Waals surface area contributed by atoms with Crippen LogP contribution in [0.1, 0.15) is 23.5 Å². The van der Waals surface area contributed by atoms with Gasteiger partial charge in [0.2, 0.25) is 5.91 Å². The highest BCUT2D eigenvalue weighted by molar-refractivity contribution is 5.95. The van der Waals surface area contributed by atoms with Crippen molar-refractivity contribution in [2.24, 2.45) is 5.92 Å². The van der Waals surface area contributed by atoms with Crippen molar-refractivity contribution in [2.75, 3.05) is 5.32 Å². The van der Waals surface area contributed by atoms with Gasteiger partial charge in [-0.15, -0.1) is 0 Å². The lowest BCUT2D eigenvalue weighted by Crippen LogP contribution is -2.14. The average Bonchev–Trinajstić information content (AvgIpc) is 3.46. The predicted octanol–water partition coefficient (Wildman–Crippen LogP) is 4.33. The molecule has 4 nitrogen and oxygen atoms in total. The monoisotopic (exact) mass is 347 g/mol. The molecule has 0 aliphatic heterocycles. The fraction of sp³-hybridized carbons (Fsp3) is 0.190. The largest absolute Gasteiger partial charge is 0.326 e. The molecule has 4 rings (SSSR count). The van der Waals surface area contributed by atoms with E-state index in [1.807, 2.05) is 43.3 Å². The maximum Gasteiger partial charge on any atom is 0.228 e. The fourth-order valence-electron chi connectivity index (χ4n) is 3.18. The summed E-state index contributed by atoms with van der Waals surface area (Å²) in [6.45, 7) is 1.93. The Labute approximate surface area is 151 Å². The molecule has 0 spiro atoms. The Morgan fingerprint density at radius 1 is 1.12 bits per heavy atom. The van der Waals surface area contributed by atoms with Crippen molar-refractivity contribution in [3.8, 4) is 11.4 Å². The summed E-state index contributed by atoms with van der Waals surface area (Å²) in [5.74, 6) is 0.282. The standard InChI is InChI=1S/C21H18FN3O/c1-13-7-8-16(9-17(13)20-23-11-15(22)12-24-20)25-21(26)19-10-18(19)14-5-3-2-4-6-14/h2-9,11-12,18-19H,10H2,1H3,(H,25,26)/t18-,19+/m0/s1. The molecule has 1 saturated carbocycles. The second-order valence-electron chi connectivity index (χ2n) is 6.60. The Bertz CT molecular complexity index is 941. The van der Waals surface area contributed by atoms with Gasteiger partial charge in [0.1, 0.15) is 0 Å². The summed E-state index contributed by atoms with van der Waals surface area (Å²) in [6, 6.07) is 15.7. The lowest BCUT2D eigenvalue weighted by Gasteiger charge is -2.09. The highest BCUT2D eigenvalue weighted by Gasteiger charge is 2.43. The number of carbonyl (C=O) groups is 1. The van der Waals surface area contributed by atoms with Gasteiger partial charge in [-0.25, -0.2) is 14.4 Å². The van der Waals surface area contributed by atoms with E-state index in [2.05, 4.69) is 27.4 Å². The van der Waals surface area contributed by atoms with Gasteiger partial charge in [0.25, 0.3) is 0 Å². The first-order valence-electron chi connectivity index (χ1n) is 8.56. The van der Waals surface area contributed by atoms with E-state index in [0.29, 0.717) is 17.4 Å². The first-order chi connectivity index (χ1) is 12.6. The van der Waals surface area contributed by atoms with Crippen molar-refractivity contribution >= 4 is 11.6 Å². The number of rotatable bonds is 4. The highest BCUT2D eigenvalue weighted by atomic mass is 19.1. The van der Waals surface area contributed by atoms with Gasteiger partial charge < -0.3 is 5.32 Å². The molecule has 0 unspecified atom stereocenters. The molecular weight excluding hydrogens is 329 g/mol. The zero-order valence-corrected chi connectivity index (χ0v) is 14.3. The number of aryl methyl sites for hydroxylation is 1. The van der Waals surface area contributed by atoms with Gasteiger partial charge >= 0.3 is 0 Å². The number of halogens is 1. The molecule has 1 aliphatic carbocycles. The van der Waals surface area contributed by atoms with Gasteiger partial charge in [-0.2, -0.15) is 0 Å². The molecule has 0 saturated heterocycles. The highest BCUT2D eigenvalue weighted by Crippen LogP contribution is 2.47. The minimum atomic E-state index is -0.475. The number of hydrogen-bond acceptors (Lipinski definition) is 3. The average molecular weight is 347 g/mol. The third kappa shape index (κ3) is 3.33. The molecule has 2 atom stereocenters. The van der Waals surface area contributed by atoms with Crippen LogP contribution in [0.3, 0.4) is 0 Å². The number of carbonyl (C=O) groups excluding carboxylic acids is 1. The number of nitrogens with zero attached hydrogens (tertiary/aromatic N) is 2. The third-order valence-corrected chi connectivity index (χ3v) is 4.72. The van der Waals surface area contributed by atoms with E-state index in [1.54, 1.807) is 0 Å². The molecule has 0 bridgehead atoms. The number of hydrogen-bond donors (Lipinski definition) is 1. The number of amides is 1. The van der Waals surface area contributed by atoms with Crippen molar-refractivity contribution in [1.82, 2.24) is 9.97 Å². The lowest BCUT2D eigenvalue weighted by atomic mass is 10.1. The van der Waals surface area contributed by atoms with Gasteiger partial charge in [0.15, 0.2) is 11.6 Å². The van der Waals surface area contributed by atoms with Crippen molar-refractivity contribution in [3.63, 3.8) is 0 Å². The molecule has 130 valence electrons. The molecule has 1 fully saturated rings. The lowest BCUT2D eigenvalue weighted by molar-refractivity contribution is -0.117. The van der Waals surface area contributed by atoms with Crippen molar-refractivity contribution in [3.05, 3.63) is 77.9 Å². The molecule has 1 aliphatic rings. The minimum absolute atomic E-state index is 0.00391. The minimum Gasteiger partial charge on any atom is -0.326 e. The quantitative estimate of drug-likeness (QED) is 0.764. The summed E-state index contributed by atoms with van der Waals surface area (Å²) < 4.78 is 13.0. The smallest absolute Gasteiger partial charge is 0.228 e.